The number of amides is 2. The van der Waals surface area contributed by atoms with Crippen molar-refractivity contribution in [2.75, 3.05) is 51.8 Å². The van der Waals surface area contributed by atoms with Gasteiger partial charge in [0.15, 0.2) is 0 Å². The monoisotopic (exact) mass is 530 g/mol. The van der Waals surface area contributed by atoms with E-state index in [0.29, 0.717) is 24.1 Å². The fourth-order valence-corrected chi connectivity index (χ4v) is 7.04. The summed E-state index contributed by atoms with van der Waals surface area (Å²) in [6.07, 6.45) is 7.54. The molecule has 0 aromatic heterocycles. The molecule has 0 radical (unpaired) electrons. The molecule has 2 N–H and O–H groups in total. The number of methoxy groups -OCH3 is 1. The third kappa shape index (κ3) is 7.71. The summed E-state index contributed by atoms with van der Waals surface area (Å²) in [5.74, 6) is 1.57. The van der Waals surface area contributed by atoms with Crippen molar-refractivity contribution < 1.29 is 27.5 Å². The maximum absolute atomic E-state index is 13.2. The van der Waals surface area contributed by atoms with Gasteiger partial charge in [-0.1, -0.05) is 6.92 Å². The lowest BCUT2D eigenvalue weighted by atomic mass is 9.73. The van der Waals surface area contributed by atoms with E-state index in [1.807, 2.05) is 23.6 Å². The van der Waals surface area contributed by atoms with Gasteiger partial charge in [-0.3, -0.25) is 4.90 Å². The van der Waals surface area contributed by atoms with Crippen molar-refractivity contribution in [2.45, 2.75) is 83.0 Å². The van der Waals surface area contributed by atoms with E-state index in [1.165, 1.54) is 19.8 Å². The quantitative estimate of drug-likeness (QED) is 0.568. The normalized spacial score (nSPS) is 32.7. The molecule has 0 aromatic carbocycles. The number of rotatable bonds is 4. The second kappa shape index (κ2) is 13.3. The topological polar surface area (TPSA) is 117 Å². The Morgan fingerprint density at radius 1 is 0.972 bits per heavy atom. The highest BCUT2D eigenvalue weighted by molar-refractivity contribution is 7.90. The zero-order valence-corrected chi connectivity index (χ0v) is 23.2. The van der Waals surface area contributed by atoms with E-state index in [9.17, 15) is 18.0 Å². The number of piperidine rings is 1. The molecule has 11 heteroatoms. The first-order chi connectivity index (χ1) is 17.1. The molecule has 0 spiro atoms. The predicted octanol–water partition coefficient (Wildman–Crippen LogP) is 2.24. The Bertz CT molecular complexity index is 828. The summed E-state index contributed by atoms with van der Waals surface area (Å²) in [7, 11) is -1.23. The third-order valence-electron chi connectivity index (χ3n) is 7.99. The van der Waals surface area contributed by atoms with Gasteiger partial charge < -0.3 is 25.0 Å². The van der Waals surface area contributed by atoms with Gasteiger partial charge in [0, 0.05) is 25.1 Å². The number of hydrogen-bond acceptors (Lipinski definition) is 8. The number of ether oxygens (including phenoxy) is 2. The largest absolute Gasteiger partial charge is 0.453 e. The van der Waals surface area contributed by atoms with Crippen molar-refractivity contribution >= 4 is 22.0 Å². The number of carbonyl (C=O) groups is 2. The minimum atomic E-state index is -2.67. The fraction of sp³-hybridized carbons (Fsp3) is 0.920. The van der Waals surface area contributed by atoms with E-state index in [-0.39, 0.29) is 36.4 Å². The summed E-state index contributed by atoms with van der Waals surface area (Å²) in [4.78, 5) is 29.5. The standard InChI is InChI=1S/C21H36N4O4.C4H10O2S/c1-14-13-24(20(26)29-17-4-3-8-22-12-17)19-10-15(16-7-9-23-11-16)5-6-18(19)25(14)21(27)28-2;1-3-4-7(2,5)6/h14-19,22-23H,3-13H2,1-2H3;3-4H2,1-2H3. The van der Waals surface area contributed by atoms with Crippen molar-refractivity contribution in [3.05, 3.63) is 0 Å². The third-order valence-corrected chi connectivity index (χ3v) is 9.14. The molecule has 0 aromatic rings. The molecule has 3 heterocycles. The highest BCUT2D eigenvalue weighted by atomic mass is 32.2. The van der Waals surface area contributed by atoms with E-state index >= 15 is 0 Å². The highest BCUT2D eigenvalue weighted by Crippen LogP contribution is 2.40. The second-order valence-electron chi connectivity index (χ2n) is 10.8. The minimum absolute atomic E-state index is 0.00806. The summed E-state index contributed by atoms with van der Waals surface area (Å²) in [5.41, 5.74) is 0. The lowest BCUT2D eigenvalue weighted by Gasteiger charge is -2.53. The number of carbonyl (C=O) groups excluding carboxylic acids is 2. The number of piperazine rings is 1. The Morgan fingerprint density at radius 2 is 1.72 bits per heavy atom. The lowest BCUT2D eigenvalue weighted by Crippen LogP contribution is -2.67. The number of sulfone groups is 1. The minimum Gasteiger partial charge on any atom is -0.453 e. The Balaban J connectivity index is 0.000000454. The molecule has 1 aliphatic carbocycles. The smallest absolute Gasteiger partial charge is 0.410 e. The highest BCUT2D eigenvalue weighted by Gasteiger charge is 2.49. The van der Waals surface area contributed by atoms with Crippen LogP contribution in [0.1, 0.15) is 58.8 Å². The molecule has 6 atom stereocenters. The van der Waals surface area contributed by atoms with Crippen molar-refractivity contribution in [1.82, 2.24) is 20.4 Å². The van der Waals surface area contributed by atoms with Crippen LogP contribution in [-0.2, 0) is 19.3 Å². The van der Waals surface area contributed by atoms with E-state index in [2.05, 4.69) is 10.6 Å². The van der Waals surface area contributed by atoms with Crippen LogP contribution in [0.5, 0.6) is 0 Å². The molecule has 0 bridgehead atoms. The Labute approximate surface area is 216 Å². The summed E-state index contributed by atoms with van der Waals surface area (Å²) in [6.45, 7) is 8.23. The van der Waals surface area contributed by atoms with Gasteiger partial charge in [0.2, 0.25) is 0 Å². The second-order valence-corrected chi connectivity index (χ2v) is 13.1. The van der Waals surface area contributed by atoms with E-state index in [1.54, 1.807) is 0 Å². The van der Waals surface area contributed by atoms with Crippen LogP contribution in [0.4, 0.5) is 9.59 Å². The molecule has 1 saturated carbocycles. The molecule has 3 aliphatic heterocycles. The zero-order valence-electron chi connectivity index (χ0n) is 22.4. The van der Waals surface area contributed by atoms with Gasteiger partial charge in [-0.05, 0) is 83.3 Å². The molecule has 3 saturated heterocycles. The van der Waals surface area contributed by atoms with Crippen LogP contribution < -0.4 is 10.6 Å². The van der Waals surface area contributed by atoms with Crippen LogP contribution in [0, 0.1) is 11.8 Å². The van der Waals surface area contributed by atoms with E-state index in [0.717, 1.165) is 64.7 Å². The first kappa shape index (κ1) is 29.0. The van der Waals surface area contributed by atoms with Gasteiger partial charge in [-0.15, -0.1) is 0 Å². The van der Waals surface area contributed by atoms with Crippen molar-refractivity contribution in [2.24, 2.45) is 11.8 Å². The molecular weight excluding hydrogens is 484 g/mol. The number of fused-ring (bicyclic) bond motifs is 1. The molecule has 4 rings (SSSR count). The van der Waals surface area contributed by atoms with E-state index in [4.69, 9.17) is 9.47 Å². The SMILES string of the molecule is CCCS(C)(=O)=O.COC(=O)N1C(C)CN(C(=O)OC2CCCNC2)C2CC(C3CCNC3)CCC21. The van der Waals surface area contributed by atoms with Gasteiger partial charge in [-0.2, -0.15) is 0 Å². The van der Waals surface area contributed by atoms with E-state index < -0.39 is 9.84 Å². The molecule has 36 heavy (non-hydrogen) atoms. The van der Waals surface area contributed by atoms with Crippen LogP contribution in [0.15, 0.2) is 0 Å². The summed E-state index contributed by atoms with van der Waals surface area (Å²) < 4.78 is 31.4. The van der Waals surface area contributed by atoms with Crippen LogP contribution in [0.3, 0.4) is 0 Å². The van der Waals surface area contributed by atoms with Crippen LogP contribution in [0.2, 0.25) is 0 Å². The summed E-state index contributed by atoms with van der Waals surface area (Å²) in [6, 6.07) is -0.0621. The number of nitrogens with zero attached hydrogens (tertiary/aromatic N) is 2. The van der Waals surface area contributed by atoms with Gasteiger partial charge in [0.25, 0.3) is 0 Å². The molecule has 208 valence electrons. The predicted molar refractivity (Wildman–Crippen MR) is 139 cm³/mol. The average Bonchev–Trinajstić information content (AvgIpc) is 3.38. The van der Waals surface area contributed by atoms with Gasteiger partial charge in [-0.25, -0.2) is 18.0 Å². The van der Waals surface area contributed by atoms with Crippen molar-refractivity contribution in [3.8, 4) is 0 Å². The van der Waals surface area contributed by atoms with Crippen molar-refractivity contribution in [1.29, 1.82) is 0 Å². The maximum Gasteiger partial charge on any atom is 0.410 e. The molecule has 4 aliphatic rings. The van der Waals surface area contributed by atoms with Crippen LogP contribution >= 0.6 is 0 Å². The molecule has 2 amide bonds. The average molecular weight is 531 g/mol. The summed E-state index contributed by atoms with van der Waals surface area (Å²) in [5, 5.41) is 6.79. The number of hydrogen-bond donors (Lipinski definition) is 2. The first-order valence-electron chi connectivity index (χ1n) is 13.6. The van der Waals surface area contributed by atoms with Crippen LogP contribution in [0.25, 0.3) is 0 Å². The first-order valence-corrected chi connectivity index (χ1v) is 15.6. The Kier molecular flexibility index (Phi) is 10.7. The molecule has 4 fully saturated rings. The fourth-order valence-electron chi connectivity index (χ4n) is 6.30. The van der Waals surface area contributed by atoms with Crippen LogP contribution in [-0.4, -0.2) is 106 Å². The Hall–Kier alpha value is -1.59. The number of nitrogens with one attached hydrogen (secondary N) is 2. The van der Waals surface area contributed by atoms with Gasteiger partial charge >= 0.3 is 12.2 Å². The molecule has 10 nitrogen and oxygen atoms in total. The summed E-state index contributed by atoms with van der Waals surface area (Å²) >= 11 is 0. The Morgan fingerprint density at radius 3 is 2.28 bits per heavy atom. The molecular formula is C25H46N4O6S. The van der Waals surface area contributed by atoms with Gasteiger partial charge in [0.1, 0.15) is 15.9 Å². The maximum atomic E-state index is 13.2. The lowest BCUT2D eigenvalue weighted by molar-refractivity contribution is -0.0480. The zero-order chi connectivity index (χ0) is 26.3. The van der Waals surface area contributed by atoms with Gasteiger partial charge in [0.05, 0.1) is 25.2 Å². The van der Waals surface area contributed by atoms with Crippen molar-refractivity contribution in [3.63, 3.8) is 0 Å². The molecule has 6 unspecified atom stereocenters.